The third-order valence-electron chi connectivity index (χ3n) is 3.47. The van der Waals surface area contributed by atoms with Crippen LogP contribution in [0.4, 0.5) is 0 Å². The number of para-hydroxylation sites is 1. The maximum absolute atomic E-state index is 6.24. The molecular formula is C13H17ClO. The molecule has 1 atom stereocenters. The molecule has 1 aliphatic carbocycles. The first kappa shape index (κ1) is 10.8. The van der Waals surface area contributed by atoms with Crippen LogP contribution in [0.25, 0.3) is 0 Å². The number of hydrogen-bond acceptors (Lipinski definition) is 1. The lowest BCUT2D eigenvalue weighted by Gasteiger charge is -2.19. The number of hydrogen-bond donors (Lipinski definition) is 0. The standard InChI is InChI=1S/C13H17ClO/c1-10(14)13(7-8-13)9-11-5-3-4-6-12(11)15-2/h3-6,10H,7-9H2,1-2H3. The van der Waals surface area contributed by atoms with E-state index in [9.17, 15) is 0 Å². The molecule has 0 bridgehead atoms. The van der Waals surface area contributed by atoms with Crippen molar-refractivity contribution in [1.82, 2.24) is 0 Å². The molecule has 0 saturated heterocycles. The largest absolute Gasteiger partial charge is 0.496 e. The van der Waals surface area contributed by atoms with Gasteiger partial charge in [0.1, 0.15) is 5.75 Å². The zero-order valence-electron chi connectivity index (χ0n) is 9.29. The van der Waals surface area contributed by atoms with Crippen LogP contribution in [-0.4, -0.2) is 12.5 Å². The van der Waals surface area contributed by atoms with E-state index >= 15 is 0 Å². The van der Waals surface area contributed by atoms with Gasteiger partial charge >= 0.3 is 0 Å². The average Bonchev–Trinajstić information content (AvgIpc) is 3.00. The number of methoxy groups -OCH3 is 1. The zero-order chi connectivity index (χ0) is 10.9. The number of benzene rings is 1. The molecule has 0 aliphatic heterocycles. The average molecular weight is 225 g/mol. The third-order valence-corrected chi connectivity index (χ3v) is 3.93. The van der Waals surface area contributed by atoms with Crippen molar-refractivity contribution in [3.63, 3.8) is 0 Å². The molecule has 1 aromatic rings. The van der Waals surface area contributed by atoms with Gasteiger partial charge in [0.15, 0.2) is 0 Å². The predicted molar refractivity (Wildman–Crippen MR) is 63.7 cm³/mol. The molecular weight excluding hydrogens is 208 g/mol. The summed E-state index contributed by atoms with van der Waals surface area (Å²) in [4.78, 5) is 0. The highest BCUT2D eigenvalue weighted by Gasteiger charge is 2.46. The van der Waals surface area contributed by atoms with Crippen molar-refractivity contribution in [2.45, 2.75) is 31.6 Å². The minimum Gasteiger partial charge on any atom is -0.496 e. The molecule has 1 unspecified atom stereocenters. The van der Waals surface area contributed by atoms with Gasteiger partial charge in [0, 0.05) is 5.38 Å². The molecule has 82 valence electrons. The fraction of sp³-hybridized carbons (Fsp3) is 0.538. The minimum absolute atomic E-state index is 0.252. The minimum atomic E-state index is 0.252. The zero-order valence-corrected chi connectivity index (χ0v) is 10.1. The van der Waals surface area contributed by atoms with E-state index in [1.807, 2.05) is 12.1 Å². The van der Waals surface area contributed by atoms with E-state index in [1.54, 1.807) is 7.11 Å². The molecule has 2 rings (SSSR count). The Bertz CT molecular complexity index is 342. The first-order valence-electron chi connectivity index (χ1n) is 5.44. The van der Waals surface area contributed by atoms with Gasteiger partial charge in [-0.1, -0.05) is 18.2 Å². The van der Waals surface area contributed by atoms with Crippen LogP contribution in [-0.2, 0) is 6.42 Å². The molecule has 0 amide bonds. The Morgan fingerprint density at radius 2 is 2.07 bits per heavy atom. The van der Waals surface area contributed by atoms with Gasteiger partial charge in [0.25, 0.3) is 0 Å². The van der Waals surface area contributed by atoms with Gasteiger partial charge < -0.3 is 4.74 Å². The molecule has 1 fully saturated rings. The molecule has 0 heterocycles. The van der Waals surface area contributed by atoms with E-state index in [1.165, 1.54) is 18.4 Å². The SMILES string of the molecule is COc1ccccc1CC1(C(C)Cl)CC1. The fourth-order valence-corrected chi connectivity index (χ4v) is 2.40. The van der Waals surface area contributed by atoms with Crippen molar-refractivity contribution in [3.05, 3.63) is 29.8 Å². The maximum atomic E-state index is 6.24. The molecule has 1 nitrogen and oxygen atoms in total. The highest BCUT2D eigenvalue weighted by molar-refractivity contribution is 6.21. The maximum Gasteiger partial charge on any atom is 0.122 e. The normalized spacial score (nSPS) is 19.7. The Balaban J connectivity index is 2.17. The quantitative estimate of drug-likeness (QED) is 0.710. The van der Waals surface area contributed by atoms with Gasteiger partial charge in [-0.05, 0) is 43.2 Å². The summed E-state index contributed by atoms with van der Waals surface area (Å²) >= 11 is 6.24. The topological polar surface area (TPSA) is 9.23 Å². The number of ether oxygens (including phenoxy) is 1. The van der Waals surface area contributed by atoms with E-state index < -0.39 is 0 Å². The second kappa shape index (κ2) is 4.05. The summed E-state index contributed by atoms with van der Waals surface area (Å²) in [5.74, 6) is 0.987. The van der Waals surface area contributed by atoms with Gasteiger partial charge in [-0.15, -0.1) is 11.6 Å². The van der Waals surface area contributed by atoms with E-state index in [0.717, 1.165) is 12.2 Å². The summed E-state index contributed by atoms with van der Waals surface area (Å²) in [7, 11) is 1.72. The Morgan fingerprint density at radius 3 is 2.60 bits per heavy atom. The van der Waals surface area contributed by atoms with E-state index in [-0.39, 0.29) is 5.38 Å². The lowest BCUT2D eigenvalue weighted by atomic mass is 9.93. The van der Waals surface area contributed by atoms with Gasteiger partial charge in [0.05, 0.1) is 7.11 Å². The van der Waals surface area contributed by atoms with Crippen molar-refractivity contribution in [2.75, 3.05) is 7.11 Å². The second-order valence-electron chi connectivity index (χ2n) is 4.47. The van der Waals surface area contributed by atoms with Crippen molar-refractivity contribution >= 4 is 11.6 Å². The van der Waals surface area contributed by atoms with Crippen molar-refractivity contribution in [3.8, 4) is 5.75 Å². The molecule has 0 aromatic heterocycles. The summed E-state index contributed by atoms with van der Waals surface area (Å²) in [6, 6.07) is 8.22. The van der Waals surface area contributed by atoms with Gasteiger partial charge in [0.2, 0.25) is 0 Å². The molecule has 2 heteroatoms. The molecule has 0 N–H and O–H groups in total. The molecule has 15 heavy (non-hydrogen) atoms. The van der Waals surface area contributed by atoms with Crippen LogP contribution >= 0.6 is 11.6 Å². The summed E-state index contributed by atoms with van der Waals surface area (Å²) < 4.78 is 5.36. The first-order valence-corrected chi connectivity index (χ1v) is 5.87. The smallest absolute Gasteiger partial charge is 0.122 e. The Labute approximate surface area is 96.4 Å². The van der Waals surface area contributed by atoms with Crippen LogP contribution < -0.4 is 4.74 Å². The summed E-state index contributed by atoms with van der Waals surface area (Å²) in [6.07, 6.45) is 3.53. The van der Waals surface area contributed by atoms with Crippen LogP contribution in [0.5, 0.6) is 5.75 Å². The van der Waals surface area contributed by atoms with E-state index in [2.05, 4.69) is 19.1 Å². The van der Waals surface area contributed by atoms with Crippen LogP contribution in [0.1, 0.15) is 25.3 Å². The molecule has 1 aromatic carbocycles. The summed E-state index contributed by atoms with van der Waals surface area (Å²) in [5, 5.41) is 0.252. The predicted octanol–water partition coefficient (Wildman–Crippen LogP) is 3.65. The van der Waals surface area contributed by atoms with E-state index in [0.29, 0.717) is 5.41 Å². The second-order valence-corrected chi connectivity index (χ2v) is 5.12. The third kappa shape index (κ3) is 2.12. The van der Waals surface area contributed by atoms with Gasteiger partial charge in [-0.25, -0.2) is 0 Å². The van der Waals surface area contributed by atoms with Crippen LogP contribution in [0.3, 0.4) is 0 Å². The Kier molecular flexibility index (Phi) is 2.92. The highest BCUT2D eigenvalue weighted by Crippen LogP contribution is 2.53. The molecule has 1 saturated carbocycles. The van der Waals surface area contributed by atoms with E-state index in [4.69, 9.17) is 16.3 Å². The Morgan fingerprint density at radius 1 is 1.40 bits per heavy atom. The monoisotopic (exact) mass is 224 g/mol. The Hall–Kier alpha value is -0.690. The molecule has 0 spiro atoms. The number of halogens is 1. The van der Waals surface area contributed by atoms with Crippen LogP contribution in [0.2, 0.25) is 0 Å². The summed E-state index contributed by atoms with van der Waals surface area (Å²) in [6.45, 7) is 2.10. The van der Waals surface area contributed by atoms with Gasteiger partial charge in [-0.3, -0.25) is 0 Å². The molecule has 0 radical (unpaired) electrons. The van der Waals surface area contributed by atoms with Crippen molar-refractivity contribution in [1.29, 1.82) is 0 Å². The number of alkyl halides is 1. The van der Waals surface area contributed by atoms with Crippen LogP contribution in [0, 0.1) is 5.41 Å². The lowest BCUT2D eigenvalue weighted by molar-refractivity contribution is 0.400. The number of rotatable bonds is 4. The van der Waals surface area contributed by atoms with Crippen LogP contribution in [0.15, 0.2) is 24.3 Å². The summed E-state index contributed by atoms with van der Waals surface area (Å²) in [5.41, 5.74) is 1.61. The van der Waals surface area contributed by atoms with Crippen molar-refractivity contribution in [2.24, 2.45) is 5.41 Å². The lowest BCUT2D eigenvalue weighted by Crippen LogP contribution is -2.16. The van der Waals surface area contributed by atoms with Gasteiger partial charge in [-0.2, -0.15) is 0 Å². The molecule has 1 aliphatic rings. The van der Waals surface area contributed by atoms with Crippen molar-refractivity contribution < 1.29 is 4.74 Å². The highest BCUT2D eigenvalue weighted by atomic mass is 35.5. The first-order chi connectivity index (χ1) is 7.18. The fourth-order valence-electron chi connectivity index (χ4n) is 2.10.